The third-order valence-electron chi connectivity index (χ3n) is 6.47. The fourth-order valence-electron chi connectivity index (χ4n) is 5.05. The molecule has 2 heterocycles. The molecule has 0 radical (unpaired) electrons. The Morgan fingerprint density at radius 2 is 2.03 bits per heavy atom. The lowest BCUT2D eigenvalue weighted by atomic mass is 9.66. The summed E-state index contributed by atoms with van der Waals surface area (Å²) in [6, 6.07) is 7.59. The van der Waals surface area contributed by atoms with E-state index in [4.69, 9.17) is 19.2 Å². The molecule has 6 heteroatoms. The van der Waals surface area contributed by atoms with Gasteiger partial charge in [0.1, 0.15) is 18.3 Å². The molecule has 1 fully saturated rings. The van der Waals surface area contributed by atoms with Crippen molar-refractivity contribution < 1.29 is 23.8 Å². The number of rotatable bonds is 5. The van der Waals surface area contributed by atoms with Gasteiger partial charge in [-0.15, -0.1) is 0 Å². The Labute approximate surface area is 183 Å². The molecule has 0 saturated carbocycles. The molecule has 31 heavy (non-hydrogen) atoms. The number of hydrogen-bond donors (Lipinski definition) is 0. The Hall–Kier alpha value is -2.47. The SMILES string of the molecule is COc1ccccc1[C@@H]1C2=C(CC(C)(C)CC2=O)N=C(C)C1C(=O)OC[C@@H]1CCCO1. The van der Waals surface area contributed by atoms with Crippen molar-refractivity contribution in [2.75, 3.05) is 20.3 Å². The van der Waals surface area contributed by atoms with E-state index in [1.165, 1.54) is 0 Å². The zero-order valence-electron chi connectivity index (χ0n) is 18.8. The second kappa shape index (κ2) is 8.58. The van der Waals surface area contributed by atoms with E-state index in [1.54, 1.807) is 7.11 Å². The van der Waals surface area contributed by atoms with Crippen molar-refractivity contribution in [1.29, 1.82) is 0 Å². The van der Waals surface area contributed by atoms with Gasteiger partial charge in [-0.1, -0.05) is 32.0 Å². The van der Waals surface area contributed by atoms with Crippen molar-refractivity contribution in [2.24, 2.45) is 16.3 Å². The highest BCUT2D eigenvalue weighted by atomic mass is 16.6. The summed E-state index contributed by atoms with van der Waals surface area (Å²) in [5.74, 6) is -0.790. The van der Waals surface area contributed by atoms with E-state index >= 15 is 0 Å². The molecule has 6 nitrogen and oxygen atoms in total. The smallest absolute Gasteiger partial charge is 0.315 e. The predicted octanol–water partition coefficient (Wildman–Crippen LogP) is 4.23. The van der Waals surface area contributed by atoms with E-state index in [2.05, 4.69) is 13.8 Å². The van der Waals surface area contributed by atoms with E-state index in [9.17, 15) is 9.59 Å². The van der Waals surface area contributed by atoms with Gasteiger partial charge in [-0.2, -0.15) is 0 Å². The number of esters is 1. The number of methoxy groups -OCH3 is 1. The highest BCUT2D eigenvalue weighted by molar-refractivity contribution is 6.09. The van der Waals surface area contributed by atoms with Crippen molar-refractivity contribution in [2.45, 2.75) is 58.5 Å². The van der Waals surface area contributed by atoms with Gasteiger partial charge >= 0.3 is 5.97 Å². The number of carbonyl (C=O) groups excluding carboxylic acids is 2. The molecule has 0 spiro atoms. The number of allylic oxidation sites excluding steroid dienone is 2. The summed E-state index contributed by atoms with van der Waals surface area (Å²) in [4.78, 5) is 31.4. The van der Waals surface area contributed by atoms with Crippen molar-refractivity contribution in [1.82, 2.24) is 0 Å². The van der Waals surface area contributed by atoms with E-state index in [0.717, 1.165) is 24.1 Å². The normalized spacial score (nSPS) is 27.5. The van der Waals surface area contributed by atoms with Crippen molar-refractivity contribution >= 4 is 17.5 Å². The van der Waals surface area contributed by atoms with Crippen LogP contribution >= 0.6 is 0 Å². The van der Waals surface area contributed by atoms with E-state index in [1.807, 2.05) is 31.2 Å². The molecule has 1 aromatic rings. The van der Waals surface area contributed by atoms with Gasteiger partial charge < -0.3 is 14.2 Å². The summed E-state index contributed by atoms with van der Waals surface area (Å²) in [5.41, 5.74) is 2.76. The summed E-state index contributed by atoms with van der Waals surface area (Å²) in [6.45, 7) is 6.96. The van der Waals surface area contributed by atoms with Crippen LogP contribution < -0.4 is 4.74 Å². The first-order valence-electron chi connectivity index (χ1n) is 11.0. The molecule has 4 rings (SSSR count). The van der Waals surface area contributed by atoms with Gasteiger partial charge in [-0.25, -0.2) is 0 Å². The molecule has 1 aromatic carbocycles. The summed E-state index contributed by atoms with van der Waals surface area (Å²) < 4.78 is 16.9. The van der Waals surface area contributed by atoms with Gasteiger partial charge in [-0.3, -0.25) is 14.6 Å². The molecule has 1 aliphatic carbocycles. The second-order valence-corrected chi connectivity index (χ2v) is 9.52. The largest absolute Gasteiger partial charge is 0.496 e. The van der Waals surface area contributed by atoms with Crippen molar-refractivity contribution in [3.8, 4) is 5.75 Å². The number of hydrogen-bond acceptors (Lipinski definition) is 6. The monoisotopic (exact) mass is 425 g/mol. The maximum atomic E-state index is 13.3. The van der Waals surface area contributed by atoms with Crippen LogP contribution in [0.1, 0.15) is 57.9 Å². The van der Waals surface area contributed by atoms with Gasteiger partial charge in [0.05, 0.1) is 13.2 Å². The second-order valence-electron chi connectivity index (χ2n) is 9.52. The summed E-state index contributed by atoms with van der Waals surface area (Å²) in [6.07, 6.45) is 2.96. The highest BCUT2D eigenvalue weighted by Crippen LogP contribution is 2.49. The van der Waals surface area contributed by atoms with Crippen LogP contribution in [0.5, 0.6) is 5.75 Å². The predicted molar refractivity (Wildman–Crippen MR) is 117 cm³/mol. The zero-order chi connectivity index (χ0) is 22.2. The van der Waals surface area contributed by atoms with E-state index < -0.39 is 11.8 Å². The van der Waals surface area contributed by atoms with Crippen LogP contribution in [0.3, 0.4) is 0 Å². The molecule has 0 aromatic heterocycles. The first-order valence-corrected chi connectivity index (χ1v) is 11.0. The minimum absolute atomic E-state index is 0.0512. The lowest BCUT2D eigenvalue weighted by Crippen LogP contribution is -2.40. The molecule has 0 amide bonds. The van der Waals surface area contributed by atoms with Crippen LogP contribution in [-0.2, 0) is 19.1 Å². The Morgan fingerprint density at radius 1 is 1.26 bits per heavy atom. The number of benzene rings is 1. The first kappa shape index (κ1) is 21.8. The van der Waals surface area contributed by atoms with Crippen LogP contribution in [0.25, 0.3) is 0 Å². The van der Waals surface area contributed by atoms with Gasteiger partial charge in [0.15, 0.2) is 5.78 Å². The van der Waals surface area contributed by atoms with Crippen molar-refractivity contribution in [3.05, 3.63) is 41.1 Å². The summed E-state index contributed by atoms with van der Waals surface area (Å²) in [7, 11) is 1.61. The van der Waals surface area contributed by atoms with Gasteiger partial charge in [-0.05, 0) is 37.7 Å². The molecule has 0 N–H and O–H groups in total. The first-order chi connectivity index (χ1) is 14.8. The third-order valence-corrected chi connectivity index (χ3v) is 6.47. The molecule has 3 atom stereocenters. The van der Waals surface area contributed by atoms with Crippen LogP contribution in [0.2, 0.25) is 0 Å². The van der Waals surface area contributed by atoms with Crippen LogP contribution in [-0.4, -0.2) is 43.9 Å². The molecule has 2 aliphatic heterocycles. The van der Waals surface area contributed by atoms with Gasteiger partial charge in [0.2, 0.25) is 0 Å². The number of aliphatic imine (C=N–C) groups is 1. The third kappa shape index (κ3) is 4.31. The number of ether oxygens (including phenoxy) is 3. The Balaban J connectivity index is 1.75. The number of Topliss-reactive ketones (excluding diaryl/α,β-unsaturated/α-hetero) is 1. The Kier molecular flexibility index (Phi) is 6.02. The molecule has 166 valence electrons. The fraction of sp³-hybridized carbons (Fsp3) is 0.560. The number of carbonyl (C=O) groups is 2. The average molecular weight is 426 g/mol. The van der Waals surface area contributed by atoms with Crippen molar-refractivity contribution in [3.63, 3.8) is 0 Å². The maximum absolute atomic E-state index is 13.3. The van der Waals surface area contributed by atoms with Crippen LogP contribution in [0.4, 0.5) is 0 Å². The lowest BCUT2D eigenvalue weighted by Gasteiger charge is -2.39. The molecule has 3 aliphatic rings. The highest BCUT2D eigenvalue weighted by Gasteiger charge is 2.47. The molecule has 1 saturated heterocycles. The molecular weight excluding hydrogens is 394 g/mol. The number of ketones is 1. The van der Waals surface area contributed by atoms with Gasteiger partial charge in [0.25, 0.3) is 0 Å². The molecular formula is C25H31NO5. The Bertz CT molecular complexity index is 939. The van der Waals surface area contributed by atoms with Gasteiger partial charge in [0, 0.05) is 41.5 Å². The zero-order valence-corrected chi connectivity index (χ0v) is 18.8. The quantitative estimate of drug-likeness (QED) is 0.660. The minimum atomic E-state index is -0.665. The average Bonchev–Trinajstić information content (AvgIpc) is 3.23. The topological polar surface area (TPSA) is 74.2 Å². The Morgan fingerprint density at radius 3 is 2.74 bits per heavy atom. The van der Waals surface area contributed by atoms with E-state index in [-0.39, 0.29) is 29.9 Å². The molecule has 1 unspecified atom stereocenters. The number of para-hydroxylation sites is 1. The maximum Gasteiger partial charge on any atom is 0.315 e. The number of nitrogens with zero attached hydrogens (tertiary/aromatic N) is 1. The van der Waals surface area contributed by atoms with E-state index in [0.29, 0.717) is 36.5 Å². The fourth-order valence-corrected chi connectivity index (χ4v) is 5.05. The minimum Gasteiger partial charge on any atom is -0.496 e. The van der Waals surface area contributed by atoms with Crippen LogP contribution in [0, 0.1) is 11.3 Å². The summed E-state index contributed by atoms with van der Waals surface area (Å²) in [5, 5.41) is 0. The van der Waals surface area contributed by atoms with Crippen LogP contribution in [0.15, 0.2) is 40.5 Å². The lowest BCUT2D eigenvalue weighted by molar-refractivity contribution is -0.149. The molecule has 0 bridgehead atoms. The summed E-state index contributed by atoms with van der Waals surface area (Å²) >= 11 is 0. The standard InChI is InChI=1S/C25H31NO5/c1-15-21(24(28)31-14-16-8-7-11-30-16)22(17-9-5-6-10-20(17)29-4)23-18(26-15)12-25(2,3)13-19(23)27/h5-6,9-10,16,21-22H,7-8,11-14H2,1-4H3/t16-,21?,22-/m0/s1.